The topological polar surface area (TPSA) is 104 Å². The highest BCUT2D eigenvalue weighted by molar-refractivity contribution is 5.97. The molecule has 0 aromatic heterocycles. The Labute approximate surface area is 110 Å². The lowest BCUT2D eigenvalue weighted by atomic mass is 10.1. The van der Waals surface area contributed by atoms with Crippen molar-refractivity contribution in [3.63, 3.8) is 0 Å². The highest BCUT2D eigenvalue weighted by Gasteiger charge is 2.24. The Hall–Kier alpha value is -2.36. The first-order valence-corrected chi connectivity index (χ1v) is 5.56. The Morgan fingerprint density at radius 3 is 2.37 bits per heavy atom. The van der Waals surface area contributed by atoms with Gasteiger partial charge in [0.05, 0.1) is 0 Å². The summed E-state index contributed by atoms with van der Waals surface area (Å²) in [6, 6.07) is 4.63. The summed E-state index contributed by atoms with van der Waals surface area (Å²) in [6.07, 6.45) is 5.21. The molecule has 1 aromatic rings. The van der Waals surface area contributed by atoms with Crippen LogP contribution in [0.1, 0.15) is 22.8 Å². The summed E-state index contributed by atoms with van der Waals surface area (Å²) < 4.78 is 0. The first-order valence-electron chi connectivity index (χ1n) is 5.56. The number of benzene rings is 1. The summed E-state index contributed by atoms with van der Waals surface area (Å²) in [5, 5.41) is 11.0. The number of nitrogens with one attached hydrogen (secondary N) is 2. The lowest BCUT2D eigenvalue weighted by Crippen LogP contribution is -2.54. The molecule has 0 bridgehead atoms. The molecule has 0 spiro atoms. The van der Waals surface area contributed by atoms with Crippen LogP contribution in [0.4, 0.5) is 0 Å². The molecule has 6 heteroatoms. The normalized spacial score (nSPS) is 12.9. The third-order valence-corrected chi connectivity index (χ3v) is 2.52. The van der Waals surface area contributed by atoms with Crippen LogP contribution in [-0.4, -0.2) is 29.1 Å². The Morgan fingerprint density at radius 1 is 1.37 bits per heavy atom. The number of hydrogen-bond donors (Lipinski definition) is 4. The first kappa shape index (κ1) is 14.7. The third-order valence-electron chi connectivity index (χ3n) is 2.52. The zero-order valence-electron chi connectivity index (χ0n) is 10.4. The summed E-state index contributed by atoms with van der Waals surface area (Å²) in [5.41, 5.74) is 8.02. The number of rotatable bonds is 4. The zero-order valence-corrected chi connectivity index (χ0v) is 10.4. The van der Waals surface area contributed by atoms with E-state index in [0.29, 0.717) is 11.1 Å². The molecule has 1 aromatic carbocycles. The van der Waals surface area contributed by atoms with E-state index in [4.69, 9.17) is 17.4 Å². The molecule has 5 N–H and O–H groups in total. The summed E-state index contributed by atoms with van der Waals surface area (Å²) in [4.78, 5) is 23.2. The fraction of sp³-hybridized carbons (Fsp3) is 0.231. The predicted molar refractivity (Wildman–Crippen MR) is 69.2 cm³/mol. The Bertz CT molecular complexity index is 503. The Kier molecular flexibility index (Phi) is 5.06. The van der Waals surface area contributed by atoms with Gasteiger partial charge in [-0.25, -0.2) is 5.48 Å². The minimum absolute atomic E-state index is 0.343. The van der Waals surface area contributed by atoms with E-state index in [9.17, 15) is 9.59 Å². The van der Waals surface area contributed by atoms with Gasteiger partial charge in [-0.1, -0.05) is 5.92 Å². The van der Waals surface area contributed by atoms with E-state index >= 15 is 0 Å². The van der Waals surface area contributed by atoms with E-state index in [0.717, 1.165) is 0 Å². The molecule has 0 heterocycles. The molecule has 0 aliphatic carbocycles. The Balaban J connectivity index is 2.82. The maximum absolute atomic E-state index is 11.9. The van der Waals surface area contributed by atoms with Gasteiger partial charge in [-0.2, -0.15) is 0 Å². The minimum atomic E-state index is -1.02. The molecule has 1 rings (SSSR count). The van der Waals surface area contributed by atoms with E-state index in [-0.39, 0.29) is 0 Å². The van der Waals surface area contributed by atoms with E-state index in [1.54, 1.807) is 31.2 Å². The molecule has 2 atom stereocenters. The summed E-state index contributed by atoms with van der Waals surface area (Å²) in [5.74, 6) is 1.18. The zero-order chi connectivity index (χ0) is 14.4. The van der Waals surface area contributed by atoms with Crippen molar-refractivity contribution >= 4 is 11.8 Å². The van der Waals surface area contributed by atoms with E-state index < -0.39 is 23.9 Å². The molecule has 6 nitrogen and oxygen atoms in total. The maximum atomic E-state index is 11.9. The molecule has 0 saturated heterocycles. The van der Waals surface area contributed by atoms with E-state index in [1.165, 1.54) is 5.48 Å². The van der Waals surface area contributed by atoms with E-state index in [2.05, 4.69) is 11.2 Å². The van der Waals surface area contributed by atoms with Crippen molar-refractivity contribution in [1.29, 1.82) is 0 Å². The van der Waals surface area contributed by atoms with Crippen molar-refractivity contribution in [2.24, 2.45) is 5.73 Å². The van der Waals surface area contributed by atoms with Gasteiger partial charge >= 0.3 is 0 Å². The number of carbonyl (C=O) groups excluding carboxylic acids is 2. The van der Waals surface area contributed by atoms with Gasteiger partial charge in [0, 0.05) is 17.2 Å². The molecule has 0 aliphatic heterocycles. The average molecular weight is 261 g/mol. The lowest BCUT2D eigenvalue weighted by Gasteiger charge is -2.19. The summed E-state index contributed by atoms with van der Waals surface area (Å²) in [7, 11) is 0. The van der Waals surface area contributed by atoms with Gasteiger partial charge in [0.1, 0.15) is 6.04 Å². The third kappa shape index (κ3) is 3.81. The molecule has 0 fully saturated rings. The van der Waals surface area contributed by atoms with Crippen LogP contribution >= 0.6 is 0 Å². The quantitative estimate of drug-likeness (QED) is 0.337. The van der Waals surface area contributed by atoms with Crippen LogP contribution in [-0.2, 0) is 4.79 Å². The highest BCUT2D eigenvalue weighted by Crippen LogP contribution is 2.04. The van der Waals surface area contributed by atoms with Crippen LogP contribution in [0.5, 0.6) is 0 Å². The van der Waals surface area contributed by atoms with Crippen LogP contribution in [0.2, 0.25) is 0 Å². The van der Waals surface area contributed by atoms with Gasteiger partial charge in [0.15, 0.2) is 0 Å². The van der Waals surface area contributed by atoms with Crippen molar-refractivity contribution in [2.75, 3.05) is 0 Å². The first-order chi connectivity index (χ1) is 8.99. The largest absolute Gasteiger partial charge is 0.339 e. The number of amides is 2. The second-order valence-electron chi connectivity index (χ2n) is 4.01. The number of carbonyl (C=O) groups is 2. The van der Waals surface area contributed by atoms with Gasteiger partial charge in [-0.15, -0.1) is 6.42 Å². The van der Waals surface area contributed by atoms with Crippen LogP contribution < -0.4 is 16.5 Å². The number of hydrogen-bond acceptors (Lipinski definition) is 4. The Morgan fingerprint density at radius 2 is 1.95 bits per heavy atom. The van der Waals surface area contributed by atoms with E-state index in [1.807, 2.05) is 0 Å². The van der Waals surface area contributed by atoms with Gasteiger partial charge in [-0.05, 0) is 31.2 Å². The smallest absolute Gasteiger partial charge is 0.267 e. The molecular formula is C13H15N3O3. The monoisotopic (exact) mass is 261 g/mol. The summed E-state index contributed by atoms with van der Waals surface area (Å²) >= 11 is 0. The second kappa shape index (κ2) is 6.54. The molecule has 0 radical (unpaired) electrons. The van der Waals surface area contributed by atoms with Crippen LogP contribution in [0.25, 0.3) is 0 Å². The minimum Gasteiger partial charge on any atom is -0.339 e. The molecule has 100 valence electrons. The molecule has 0 aliphatic rings. The SMILES string of the molecule is C#Cc1ccc(C(=O)NC(C(=O)NO)C(C)N)cc1. The van der Waals surface area contributed by atoms with Gasteiger partial charge in [-0.3, -0.25) is 14.8 Å². The van der Waals surface area contributed by atoms with Crippen molar-refractivity contribution < 1.29 is 14.8 Å². The highest BCUT2D eigenvalue weighted by atomic mass is 16.5. The fourth-order valence-electron chi connectivity index (χ4n) is 1.45. The summed E-state index contributed by atoms with van der Waals surface area (Å²) in [6.45, 7) is 1.54. The molecule has 19 heavy (non-hydrogen) atoms. The van der Waals surface area contributed by atoms with Crippen LogP contribution in [0, 0.1) is 12.3 Å². The molecule has 2 unspecified atom stereocenters. The van der Waals surface area contributed by atoms with Crippen molar-refractivity contribution in [3.8, 4) is 12.3 Å². The predicted octanol–water partition coefficient (Wildman–Crippen LogP) is -0.381. The number of nitrogens with two attached hydrogens (primary N) is 1. The second-order valence-corrected chi connectivity index (χ2v) is 4.01. The van der Waals surface area contributed by atoms with Crippen LogP contribution in [0.15, 0.2) is 24.3 Å². The standard InChI is InChI=1S/C13H15N3O3/c1-3-9-4-6-10(7-5-9)12(17)15-11(8(2)14)13(18)16-19/h1,4-8,11,19H,14H2,2H3,(H,15,17)(H,16,18). The van der Waals surface area contributed by atoms with Gasteiger partial charge < -0.3 is 11.1 Å². The molecule has 0 saturated carbocycles. The number of hydroxylamine groups is 1. The van der Waals surface area contributed by atoms with Gasteiger partial charge in [0.2, 0.25) is 0 Å². The van der Waals surface area contributed by atoms with Gasteiger partial charge in [0.25, 0.3) is 11.8 Å². The number of terminal acetylenes is 1. The molecular weight excluding hydrogens is 246 g/mol. The lowest BCUT2D eigenvalue weighted by molar-refractivity contribution is -0.131. The van der Waals surface area contributed by atoms with Crippen molar-refractivity contribution in [2.45, 2.75) is 19.0 Å². The molecule has 2 amide bonds. The average Bonchev–Trinajstić information content (AvgIpc) is 2.43. The fourth-order valence-corrected chi connectivity index (χ4v) is 1.45. The van der Waals surface area contributed by atoms with Crippen LogP contribution in [0.3, 0.4) is 0 Å². The maximum Gasteiger partial charge on any atom is 0.267 e. The van der Waals surface area contributed by atoms with Crippen molar-refractivity contribution in [1.82, 2.24) is 10.8 Å². The van der Waals surface area contributed by atoms with Crippen molar-refractivity contribution in [3.05, 3.63) is 35.4 Å².